The molecule has 0 spiro atoms. The van der Waals surface area contributed by atoms with Crippen LogP contribution in [0, 0.1) is 0 Å². The van der Waals surface area contributed by atoms with Crippen LogP contribution < -0.4 is 0 Å². The van der Waals surface area contributed by atoms with E-state index >= 15 is 0 Å². The number of rotatable bonds is 2. The second-order valence-electron chi connectivity index (χ2n) is 4.16. The average molecular weight is 279 g/mol. The average Bonchev–Trinajstić information content (AvgIpc) is 2.56. The molecule has 20 heavy (non-hydrogen) atoms. The van der Waals surface area contributed by atoms with Crippen molar-refractivity contribution in [3.05, 3.63) is 35.4 Å². The Hall–Kier alpha value is -1.35. The molecule has 1 atom stereocenters. The van der Waals surface area contributed by atoms with E-state index < -0.39 is 0 Å². The Labute approximate surface area is 123 Å². The third kappa shape index (κ3) is 4.64. The van der Waals surface area contributed by atoms with Crippen molar-refractivity contribution < 1.29 is 9.63 Å². The third-order valence-corrected chi connectivity index (χ3v) is 3.25. The van der Waals surface area contributed by atoms with Crippen molar-refractivity contribution in [1.82, 2.24) is 5.06 Å². The molecule has 0 radical (unpaired) electrons. The van der Waals surface area contributed by atoms with Gasteiger partial charge in [0.05, 0.1) is 13.0 Å². The van der Waals surface area contributed by atoms with E-state index in [9.17, 15) is 4.79 Å². The van der Waals surface area contributed by atoms with Crippen molar-refractivity contribution in [2.45, 2.75) is 52.9 Å². The molecule has 0 fully saturated rings. The molecule has 0 heterocycles. The topological polar surface area (TPSA) is 29.5 Å². The Morgan fingerprint density at radius 3 is 2.40 bits per heavy atom. The third-order valence-electron chi connectivity index (χ3n) is 3.25. The fourth-order valence-electron chi connectivity index (χ4n) is 2.32. The summed E-state index contributed by atoms with van der Waals surface area (Å²) in [5.74, 6) is 0.0181. The number of carbonyl (C=O) groups excluding carboxylic acids is 1. The molecule has 0 bridgehead atoms. The SMILES string of the molecule is CC.CC.CON(C)C(=O)C1CCCc2ccccc21. The Morgan fingerprint density at radius 1 is 1.20 bits per heavy atom. The van der Waals surface area contributed by atoms with E-state index in [0.29, 0.717) is 0 Å². The fraction of sp³-hybridized carbons (Fsp3) is 0.588. The van der Waals surface area contributed by atoms with Crippen LogP contribution in [0.2, 0.25) is 0 Å². The van der Waals surface area contributed by atoms with E-state index in [2.05, 4.69) is 12.1 Å². The Kier molecular flexibility index (Phi) is 9.73. The zero-order chi connectivity index (χ0) is 15.5. The van der Waals surface area contributed by atoms with Gasteiger partial charge in [0.2, 0.25) is 0 Å². The molecule has 3 heteroatoms. The zero-order valence-corrected chi connectivity index (χ0v) is 13.8. The van der Waals surface area contributed by atoms with Crippen LogP contribution in [0.25, 0.3) is 0 Å². The van der Waals surface area contributed by atoms with Crippen LogP contribution in [0.1, 0.15) is 57.6 Å². The number of fused-ring (bicyclic) bond motifs is 1. The predicted octanol–water partition coefficient (Wildman–Crippen LogP) is 4.18. The molecule has 1 unspecified atom stereocenters. The van der Waals surface area contributed by atoms with Crippen LogP contribution in [0.3, 0.4) is 0 Å². The minimum Gasteiger partial charge on any atom is -0.275 e. The first-order valence-electron chi connectivity index (χ1n) is 7.63. The summed E-state index contributed by atoms with van der Waals surface area (Å²) in [7, 11) is 3.19. The minimum absolute atomic E-state index is 0.0325. The number of hydrogen-bond donors (Lipinski definition) is 0. The van der Waals surface area contributed by atoms with Crippen molar-refractivity contribution >= 4 is 5.91 Å². The van der Waals surface area contributed by atoms with Crippen molar-refractivity contribution in [3.63, 3.8) is 0 Å². The van der Waals surface area contributed by atoms with Gasteiger partial charge in [-0.2, -0.15) is 0 Å². The largest absolute Gasteiger partial charge is 0.275 e. The summed E-state index contributed by atoms with van der Waals surface area (Å²) in [6.45, 7) is 8.00. The molecule has 3 nitrogen and oxygen atoms in total. The molecule has 1 amide bonds. The Balaban J connectivity index is 0.000000829. The zero-order valence-electron chi connectivity index (χ0n) is 13.8. The first kappa shape index (κ1) is 18.7. The molecule has 1 aromatic carbocycles. The quantitative estimate of drug-likeness (QED) is 0.760. The molecule has 0 saturated carbocycles. The van der Waals surface area contributed by atoms with Crippen molar-refractivity contribution in [2.75, 3.05) is 14.2 Å². The van der Waals surface area contributed by atoms with Crippen LogP contribution in [0.5, 0.6) is 0 Å². The molecule has 1 aliphatic rings. The van der Waals surface area contributed by atoms with Gasteiger partial charge in [0.25, 0.3) is 5.91 Å². The van der Waals surface area contributed by atoms with E-state index in [0.717, 1.165) is 19.3 Å². The van der Waals surface area contributed by atoms with Gasteiger partial charge in [0, 0.05) is 7.05 Å². The van der Waals surface area contributed by atoms with E-state index in [4.69, 9.17) is 4.84 Å². The number of aryl methyl sites for hydroxylation is 1. The van der Waals surface area contributed by atoms with E-state index in [-0.39, 0.29) is 11.8 Å². The van der Waals surface area contributed by atoms with Crippen molar-refractivity contribution in [2.24, 2.45) is 0 Å². The van der Waals surface area contributed by atoms with E-state index in [1.807, 2.05) is 39.8 Å². The number of amides is 1. The standard InChI is InChI=1S/C13H17NO2.2C2H6/c1-14(16-2)13(15)12-9-5-7-10-6-3-4-8-11(10)12;2*1-2/h3-4,6,8,12H,5,7,9H2,1-2H3;2*1-2H3. The first-order chi connectivity index (χ1) is 9.74. The molecule has 0 aliphatic heterocycles. The summed E-state index contributed by atoms with van der Waals surface area (Å²) in [5, 5.41) is 1.33. The molecule has 114 valence electrons. The molecule has 0 N–H and O–H groups in total. The molecular formula is C17H29NO2. The maximum absolute atomic E-state index is 12.1. The van der Waals surface area contributed by atoms with Crippen LogP contribution in [-0.4, -0.2) is 25.1 Å². The van der Waals surface area contributed by atoms with Crippen LogP contribution in [0.4, 0.5) is 0 Å². The number of benzene rings is 1. The van der Waals surface area contributed by atoms with E-state index in [1.54, 1.807) is 7.05 Å². The van der Waals surface area contributed by atoms with Gasteiger partial charge in [-0.25, -0.2) is 5.06 Å². The van der Waals surface area contributed by atoms with Gasteiger partial charge in [0.15, 0.2) is 0 Å². The lowest BCUT2D eigenvalue weighted by Gasteiger charge is -2.27. The first-order valence-corrected chi connectivity index (χ1v) is 7.63. The molecule has 1 aliphatic carbocycles. The van der Waals surface area contributed by atoms with Gasteiger partial charge in [-0.1, -0.05) is 52.0 Å². The highest BCUT2D eigenvalue weighted by Gasteiger charge is 2.28. The summed E-state index contributed by atoms with van der Waals surface area (Å²) in [6, 6.07) is 8.20. The summed E-state index contributed by atoms with van der Waals surface area (Å²) < 4.78 is 0. The number of nitrogens with zero attached hydrogens (tertiary/aromatic N) is 1. The number of carbonyl (C=O) groups is 1. The summed E-state index contributed by atoms with van der Waals surface area (Å²) in [4.78, 5) is 17.1. The molecule has 0 saturated heterocycles. The summed E-state index contributed by atoms with van der Waals surface area (Å²) >= 11 is 0. The normalized spacial score (nSPS) is 15.8. The second kappa shape index (κ2) is 10.4. The van der Waals surface area contributed by atoms with E-state index in [1.165, 1.54) is 23.3 Å². The van der Waals surface area contributed by atoms with Crippen LogP contribution >= 0.6 is 0 Å². The van der Waals surface area contributed by atoms with Crippen LogP contribution in [-0.2, 0) is 16.1 Å². The van der Waals surface area contributed by atoms with Gasteiger partial charge in [-0.05, 0) is 30.4 Å². The minimum atomic E-state index is -0.0325. The maximum atomic E-state index is 12.1. The number of likely N-dealkylation sites (N-methyl/N-ethyl adjacent to an activating group) is 1. The van der Waals surface area contributed by atoms with Gasteiger partial charge < -0.3 is 0 Å². The van der Waals surface area contributed by atoms with Gasteiger partial charge in [-0.15, -0.1) is 0 Å². The summed E-state index contributed by atoms with van der Waals surface area (Å²) in [6.07, 6.45) is 3.07. The Morgan fingerprint density at radius 2 is 1.80 bits per heavy atom. The smallest absolute Gasteiger partial charge is 0.253 e. The molecule has 0 aromatic heterocycles. The van der Waals surface area contributed by atoms with Crippen LogP contribution in [0.15, 0.2) is 24.3 Å². The van der Waals surface area contributed by atoms with Gasteiger partial charge in [0.1, 0.15) is 0 Å². The number of hydrogen-bond acceptors (Lipinski definition) is 2. The lowest BCUT2D eigenvalue weighted by molar-refractivity contribution is -0.170. The fourth-order valence-corrected chi connectivity index (χ4v) is 2.32. The molecular weight excluding hydrogens is 250 g/mol. The predicted molar refractivity (Wildman–Crippen MR) is 84.6 cm³/mol. The maximum Gasteiger partial charge on any atom is 0.253 e. The van der Waals surface area contributed by atoms with Gasteiger partial charge in [-0.3, -0.25) is 9.63 Å². The lowest BCUT2D eigenvalue weighted by atomic mass is 9.82. The van der Waals surface area contributed by atoms with Crippen molar-refractivity contribution in [3.8, 4) is 0 Å². The highest BCUT2D eigenvalue weighted by atomic mass is 16.7. The van der Waals surface area contributed by atoms with Gasteiger partial charge >= 0.3 is 0 Å². The molecule has 2 rings (SSSR count). The lowest BCUT2D eigenvalue weighted by Crippen LogP contribution is -2.32. The highest BCUT2D eigenvalue weighted by Crippen LogP contribution is 2.32. The second-order valence-corrected chi connectivity index (χ2v) is 4.16. The summed E-state index contributed by atoms with van der Waals surface area (Å²) in [5.41, 5.74) is 2.47. The van der Waals surface area contributed by atoms with Crippen molar-refractivity contribution in [1.29, 1.82) is 0 Å². The number of hydroxylamine groups is 2. The monoisotopic (exact) mass is 279 g/mol. The Bertz CT molecular complexity index is 390. The highest BCUT2D eigenvalue weighted by molar-refractivity contribution is 5.83. The molecule has 1 aromatic rings.